The second-order valence-corrected chi connectivity index (χ2v) is 5.46. The number of nitrogens with zero attached hydrogens (tertiary/aromatic N) is 4. The van der Waals surface area contributed by atoms with E-state index in [1.807, 2.05) is 10.6 Å². The topological polar surface area (TPSA) is 97.4 Å². The first-order chi connectivity index (χ1) is 11.3. The number of fused-ring (bicyclic) bond motifs is 1. The van der Waals surface area contributed by atoms with E-state index < -0.39 is 0 Å². The number of aromatic nitrogens is 4. The van der Waals surface area contributed by atoms with E-state index in [2.05, 4.69) is 25.8 Å². The van der Waals surface area contributed by atoms with Gasteiger partial charge in [0.2, 0.25) is 5.65 Å². The molecule has 118 valence electrons. The van der Waals surface area contributed by atoms with E-state index in [0.29, 0.717) is 36.2 Å². The molecule has 1 amide bonds. The Morgan fingerprint density at radius 1 is 1.35 bits per heavy atom. The van der Waals surface area contributed by atoms with Crippen molar-refractivity contribution in [1.82, 2.24) is 24.9 Å². The largest absolute Gasteiger partial charge is 0.459 e. The first-order valence-corrected chi connectivity index (χ1v) is 7.58. The molecule has 0 aliphatic heterocycles. The normalized spacial score (nSPS) is 14.1. The molecule has 1 aliphatic rings. The van der Waals surface area contributed by atoms with Gasteiger partial charge in [-0.15, -0.1) is 10.2 Å². The second kappa shape index (κ2) is 5.71. The molecular weight excluding hydrogens is 296 g/mol. The molecule has 0 saturated heterocycles. The molecule has 1 saturated carbocycles. The van der Waals surface area contributed by atoms with E-state index in [1.54, 1.807) is 18.3 Å². The van der Waals surface area contributed by atoms with Gasteiger partial charge in [0.15, 0.2) is 11.6 Å². The molecular formula is C15H16N6O2. The third kappa shape index (κ3) is 2.75. The van der Waals surface area contributed by atoms with Crippen LogP contribution < -0.4 is 10.6 Å². The fraction of sp³-hybridized carbons (Fsp3) is 0.333. The lowest BCUT2D eigenvalue weighted by molar-refractivity contribution is 0.0927. The van der Waals surface area contributed by atoms with E-state index in [9.17, 15) is 4.79 Å². The van der Waals surface area contributed by atoms with Gasteiger partial charge in [0.05, 0.1) is 6.26 Å². The number of carbonyl (C=O) groups excluding carboxylic acids is 1. The summed E-state index contributed by atoms with van der Waals surface area (Å²) in [4.78, 5) is 16.0. The van der Waals surface area contributed by atoms with Crippen LogP contribution in [0.3, 0.4) is 0 Å². The average molecular weight is 312 g/mol. The van der Waals surface area contributed by atoms with Crippen molar-refractivity contribution in [2.24, 2.45) is 0 Å². The molecule has 1 fully saturated rings. The third-order valence-corrected chi connectivity index (χ3v) is 3.74. The van der Waals surface area contributed by atoms with E-state index in [-0.39, 0.29) is 5.91 Å². The molecule has 8 heteroatoms. The highest BCUT2D eigenvalue weighted by atomic mass is 16.3. The molecule has 3 aromatic heterocycles. The number of anilines is 1. The van der Waals surface area contributed by atoms with Gasteiger partial charge in [-0.25, -0.2) is 4.98 Å². The Morgan fingerprint density at radius 3 is 3.04 bits per heavy atom. The number of rotatable bonds is 6. The monoisotopic (exact) mass is 312 g/mol. The lowest BCUT2D eigenvalue weighted by Crippen LogP contribution is -2.28. The number of hydrogen-bond donors (Lipinski definition) is 2. The summed E-state index contributed by atoms with van der Waals surface area (Å²) in [5.74, 6) is 2.25. The molecule has 0 atom stereocenters. The molecule has 0 radical (unpaired) electrons. The van der Waals surface area contributed by atoms with E-state index >= 15 is 0 Å². The third-order valence-electron chi connectivity index (χ3n) is 3.74. The standard InChI is InChI=1S/C15H16N6O2/c22-15(11-2-1-9-23-11)18-6-5-16-12-14-20-19-13(10-3-4-10)21(14)8-7-17-12/h1-2,7-10H,3-6H2,(H,16,17)(H,18,22). The molecule has 0 aromatic carbocycles. The SMILES string of the molecule is O=C(NCCNc1nccn2c(C3CC3)nnc12)c1ccco1. The molecule has 4 rings (SSSR count). The Labute approximate surface area is 131 Å². The number of amides is 1. The molecule has 0 spiro atoms. The maximum atomic E-state index is 11.7. The first-order valence-electron chi connectivity index (χ1n) is 7.58. The van der Waals surface area contributed by atoms with Crippen LogP contribution in [-0.4, -0.2) is 38.6 Å². The van der Waals surface area contributed by atoms with Crippen LogP contribution in [0.1, 0.15) is 35.1 Å². The van der Waals surface area contributed by atoms with Crippen LogP contribution in [0.25, 0.3) is 5.65 Å². The van der Waals surface area contributed by atoms with Crippen molar-refractivity contribution in [2.45, 2.75) is 18.8 Å². The summed E-state index contributed by atoms with van der Waals surface area (Å²) in [5, 5.41) is 14.4. The predicted molar refractivity (Wildman–Crippen MR) is 82.3 cm³/mol. The summed E-state index contributed by atoms with van der Waals surface area (Å²) in [6, 6.07) is 3.31. The minimum atomic E-state index is -0.235. The van der Waals surface area contributed by atoms with Crippen molar-refractivity contribution in [3.05, 3.63) is 42.4 Å². The Bertz CT molecular complexity index is 822. The van der Waals surface area contributed by atoms with Crippen LogP contribution in [0.15, 0.2) is 35.2 Å². The highest BCUT2D eigenvalue weighted by Crippen LogP contribution is 2.39. The molecule has 2 N–H and O–H groups in total. The van der Waals surface area contributed by atoms with Gasteiger partial charge in [0.1, 0.15) is 5.82 Å². The smallest absolute Gasteiger partial charge is 0.287 e. The van der Waals surface area contributed by atoms with Crippen molar-refractivity contribution < 1.29 is 9.21 Å². The van der Waals surface area contributed by atoms with Gasteiger partial charge in [0, 0.05) is 31.4 Å². The van der Waals surface area contributed by atoms with Crippen LogP contribution in [0.4, 0.5) is 5.82 Å². The Kier molecular flexibility index (Phi) is 3.41. The lowest BCUT2D eigenvalue weighted by Gasteiger charge is -2.07. The molecule has 3 aromatic rings. The highest BCUT2D eigenvalue weighted by molar-refractivity contribution is 5.91. The summed E-state index contributed by atoms with van der Waals surface area (Å²) in [7, 11) is 0. The summed E-state index contributed by atoms with van der Waals surface area (Å²) < 4.78 is 7.01. The van der Waals surface area contributed by atoms with Crippen LogP contribution in [0, 0.1) is 0 Å². The summed E-state index contributed by atoms with van der Waals surface area (Å²) >= 11 is 0. The van der Waals surface area contributed by atoms with Gasteiger partial charge in [-0.2, -0.15) is 0 Å². The average Bonchev–Trinajstić information content (AvgIpc) is 3.10. The van der Waals surface area contributed by atoms with Crippen LogP contribution in [0.2, 0.25) is 0 Å². The quantitative estimate of drug-likeness (QED) is 0.668. The minimum Gasteiger partial charge on any atom is -0.459 e. The van der Waals surface area contributed by atoms with E-state index in [0.717, 1.165) is 5.82 Å². The van der Waals surface area contributed by atoms with Gasteiger partial charge in [-0.3, -0.25) is 9.20 Å². The van der Waals surface area contributed by atoms with E-state index in [1.165, 1.54) is 19.1 Å². The van der Waals surface area contributed by atoms with Gasteiger partial charge < -0.3 is 15.1 Å². The molecule has 0 unspecified atom stereocenters. The van der Waals surface area contributed by atoms with Crippen LogP contribution in [-0.2, 0) is 0 Å². The van der Waals surface area contributed by atoms with Crippen molar-refractivity contribution in [1.29, 1.82) is 0 Å². The van der Waals surface area contributed by atoms with Gasteiger partial charge in [-0.1, -0.05) is 0 Å². The van der Waals surface area contributed by atoms with Crippen molar-refractivity contribution in [3.8, 4) is 0 Å². The van der Waals surface area contributed by atoms with Gasteiger partial charge >= 0.3 is 0 Å². The molecule has 0 bridgehead atoms. The number of furan rings is 1. The zero-order valence-corrected chi connectivity index (χ0v) is 12.4. The number of hydrogen-bond acceptors (Lipinski definition) is 6. The zero-order valence-electron chi connectivity index (χ0n) is 12.4. The summed E-state index contributed by atoms with van der Waals surface area (Å²) in [6.07, 6.45) is 7.43. The predicted octanol–water partition coefficient (Wildman–Crippen LogP) is 1.44. The van der Waals surface area contributed by atoms with Gasteiger partial charge in [-0.05, 0) is 25.0 Å². The Hall–Kier alpha value is -2.90. The van der Waals surface area contributed by atoms with Crippen molar-refractivity contribution >= 4 is 17.4 Å². The molecule has 1 aliphatic carbocycles. The molecule has 3 heterocycles. The lowest BCUT2D eigenvalue weighted by atomic mass is 10.4. The molecule has 8 nitrogen and oxygen atoms in total. The second-order valence-electron chi connectivity index (χ2n) is 5.46. The Morgan fingerprint density at radius 2 is 2.26 bits per heavy atom. The number of nitrogens with one attached hydrogen (secondary N) is 2. The van der Waals surface area contributed by atoms with Crippen molar-refractivity contribution in [3.63, 3.8) is 0 Å². The van der Waals surface area contributed by atoms with Crippen molar-refractivity contribution in [2.75, 3.05) is 18.4 Å². The van der Waals surface area contributed by atoms with Crippen LogP contribution >= 0.6 is 0 Å². The minimum absolute atomic E-state index is 0.235. The van der Waals surface area contributed by atoms with Gasteiger partial charge in [0.25, 0.3) is 5.91 Å². The van der Waals surface area contributed by atoms with Crippen LogP contribution in [0.5, 0.6) is 0 Å². The number of carbonyl (C=O) groups is 1. The fourth-order valence-corrected chi connectivity index (χ4v) is 2.44. The maximum absolute atomic E-state index is 11.7. The summed E-state index contributed by atoms with van der Waals surface area (Å²) in [5.41, 5.74) is 0.715. The van der Waals surface area contributed by atoms with E-state index in [4.69, 9.17) is 4.42 Å². The highest BCUT2D eigenvalue weighted by Gasteiger charge is 2.29. The fourth-order valence-electron chi connectivity index (χ4n) is 2.44. The first kappa shape index (κ1) is 13.7. The summed E-state index contributed by atoms with van der Waals surface area (Å²) in [6.45, 7) is 0.983. The maximum Gasteiger partial charge on any atom is 0.287 e. The zero-order chi connectivity index (χ0) is 15.6. The Balaban J connectivity index is 1.37. The molecule has 23 heavy (non-hydrogen) atoms.